The molecule has 0 atom stereocenters. The van der Waals surface area contributed by atoms with E-state index in [0.29, 0.717) is 6.54 Å². The van der Waals surface area contributed by atoms with Crippen molar-refractivity contribution in [2.75, 3.05) is 70.4 Å². The minimum Gasteiger partial charge on any atom is -0.369 e. The zero-order valence-electron chi connectivity index (χ0n) is 16.5. The molecule has 6 nitrogen and oxygen atoms in total. The molecule has 1 N–H and O–H groups in total. The van der Waals surface area contributed by atoms with Gasteiger partial charge in [0.25, 0.3) is 0 Å². The van der Waals surface area contributed by atoms with Gasteiger partial charge in [-0.25, -0.2) is 0 Å². The van der Waals surface area contributed by atoms with Crippen molar-refractivity contribution in [3.8, 4) is 0 Å². The van der Waals surface area contributed by atoms with Crippen LogP contribution in [0.15, 0.2) is 24.3 Å². The third kappa shape index (κ3) is 4.98. The highest BCUT2D eigenvalue weighted by atomic mass is 35.5. The van der Waals surface area contributed by atoms with Gasteiger partial charge in [0.15, 0.2) is 0 Å². The van der Waals surface area contributed by atoms with Crippen LogP contribution in [0.2, 0.25) is 5.02 Å². The van der Waals surface area contributed by atoms with Crippen LogP contribution < -0.4 is 10.2 Å². The largest absolute Gasteiger partial charge is 0.369 e. The molecule has 154 valence electrons. The molecule has 1 aromatic rings. The predicted molar refractivity (Wildman–Crippen MR) is 112 cm³/mol. The molecule has 0 aromatic heterocycles. The lowest BCUT2D eigenvalue weighted by Gasteiger charge is -2.43. The molecule has 0 aliphatic carbocycles. The van der Waals surface area contributed by atoms with E-state index in [-0.39, 0.29) is 18.1 Å². The molecule has 3 aliphatic rings. The number of morpholine rings is 1. The average molecular weight is 407 g/mol. The van der Waals surface area contributed by atoms with Crippen molar-refractivity contribution < 1.29 is 9.53 Å². The van der Waals surface area contributed by atoms with Crippen LogP contribution in [0.5, 0.6) is 0 Å². The number of likely N-dealkylation sites (tertiary alicyclic amines) is 1. The summed E-state index contributed by atoms with van der Waals surface area (Å²) in [7, 11) is 0. The number of hydrogen-bond donors (Lipinski definition) is 1. The Bertz CT molecular complexity index is 658. The smallest absolute Gasteiger partial charge is 0.246 e. The van der Waals surface area contributed by atoms with Crippen LogP contribution in [0.3, 0.4) is 0 Å². The van der Waals surface area contributed by atoms with Crippen molar-refractivity contribution in [2.45, 2.75) is 24.9 Å². The number of piperazine rings is 1. The van der Waals surface area contributed by atoms with Crippen LogP contribution in [-0.4, -0.2) is 86.8 Å². The SMILES string of the molecule is O=C1COC2(CCN(CCCN3CCN(c4cccc(Cl)c4)CC3)CC2)CN1. The molecule has 0 bridgehead atoms. The fourth-order valence-corrected chi connectivity index (χ4v) is 4.69. The summed E-state index contributed by atoms with van der Waals surface area (Å²) in [5.41, 5.74) is 1.12. The summed E-state index contributed by atoms with van der Waals surface area (Å²) < 4.78 is 5.86. The average Bonchev–Trinajstić information content (AvgIpc) is 2.72. The van der Waals surface area contributed by atoms with E-state index < -0.39 is 0 Å². The van der Waals surface area contributed by atoms with Crippen LogP contribution in [0, 0.1) is 0 Å². The molecule has 4 rings (SSSR count). The van der Waals surface area contributed by atoms with Gasteiger partial charge in [-0.15, -0.1) is 0 Å². The maximum Gasteiger partial charge on any atom is 0.246 e. The van der Waals surface area contributed by atoms with Crippen LogP contribution >= 0.6 is 11.6 Å². The highest BCUT2D eigenvalue weighted by molar-refractivity contribution is 6.30. The van der Waals surface area contributed by atoms with E-state index in [1.54, 1.807) is 0 Å². The van der Waals surface area contributed by atoms with Crippen LogP contribution in [0.4, 0.5) is 5.69 Å². The number of halogens is 1. The van der Waals surface area contributed by atoms with Crippen molar-refractivity contribution in [1.29, 1.82) is 0 Å². The molecule has 1 amide bonds. The lowest BCUT2D eigenvalue weighted by atomic mass is 9.90. The Hall–Kier alpha value is -1.34. The number of hydrogen-bond acceptors (Lipinski definition) is 5. The summed E-state index contributed by atoms with van der Waals surface area (Å²) in [6, 6.07) is 8.16. The number of carbonyl (C=O) groups excluding carboxylic acids is 1. The Labute approximate surface area is 172 Å². The van der Waals surface area contributed by atoms with E-state index >= 15 is 0 Å². The summed E-state index contributed by atoms with van der Waals surface area (Å²) in [6.07, 6.45) is 3.25. The number of piperidine rings is 1. The van der Waals surface area contributed by atoms with Crippen molar-refractivity contribution in [2.24, 2.45) is 0 Å². The molecular weight excluding hydrogens is 376 g/mol. The number of amides is 1. The van der Waals surface area contributed by atoms with Crippen LogP contribution in [0.25, 0.3) is 0 Å². The number of ether oxygens (including phenoxy) is 1. The molecule has 0 saturated carbocycles. The number of nitrogens with zero attached hydrogens (tertiary/aromatic N) is 3. The molecule has 3 heterocycles. The Morgan fingerprint density at radius 2 is 1.75 bits per heavy atom. The van der Waals surface area contributed by atoms with Gasteiger partial charge >= 0.3 is 0 Å². The van der Waals surface area contributed by atoms with Crippen LogP contribution in [-0.2, 0) is 9.53 Å². The molecule has 0 radical (unpaired) electrons. The number of carbonyl (C=O) groups is 1. The maximum atomic E-state index is 11.3. The first-order chi connectivity index (χ1) is 13.6. The Kier molecular flexibility index (Phi) is 6.41. The summed E-state index contributed by atoms with van der Waals surface area (Å²) in [6.45, 7) is 9.71. The van der Waals surface area contributed by atoms with Crippen molar-refractivity contribution in [3.63, 3.8) is 0 Å². The second kappa shape index (κ2) is 8.99. The minimum absolute atomic E-state index is 0.0171. The normalized spacial score (nSPS) is 23.8. The fraction of sp³-hybridized carbons (Fsp3) is 0.667. The van der Waals surface area contributed by atoms with Crippen LogP contribution in [0.1, 0.15) is 19.3 Å². The monoisotopic (exact) mass is 406 g/mol. The number of nitrogens with one attached hydrogen (secondary N) is 1. The van der Waals surface area contributed by atoms with Gasteiger partial charge in [0.05, 0.1) is 5.60 Å². The molecule has 1 aromatic carbocycles. The van der Waals surface area contributed by atoms with E-state index in [0.717, 1.165) is 70.2 Å². The molecule has 3 fully saturated rings. The standard InChI is InChI=1S/C21H31ClN4O2/c22-18-3-1-4-19(15-18)26-13-11-25(12-14-26)8-2-7-24-9-5-21(6-10-24)17-23-20(27)16-28-21/h1,3-4,15H,2,5-14,16-17H2,(H,23,27). The van der Waals surface area contributed by atoms with Crippen molar-refractivity contribution in [1.82, 2.24) is 15.1 Å². The topological polar surface area (TPSA) is 48.1 Å². The van der Waals surface area contributed by atoms with Crippen molar-refractivity contribution in [3.05, 3.63) is 29.3 Å². The predicted octanol–water partition coefficient (Wildman–Crippen LogP) is 1.83. The lowest BCUT2D eigenvalue weighted by molar-refractivity contribution is -0.150. The van der Waals surface area contributed by atoms with E-state index in [4.69, 9.17) is 16.3 Å². The van der Waals surface area contributed by atoms with Gasteiger partial charge in [0.1, 0.15) is 6.61 Å². The van der Waals surface area contributed by atoms with Gasteiger partial charge < -0.3 is 19.9 Å². The van der Waals surface area contributed by atoms with E-state index in [9.17, 15) is 4.79 Å². The molecule has 7 heteroatoms. The second-order valence-corrected chi connectivity index (χ2v) is 8.69. The summed E-state index contributed by atoms with van der Waals surface area (Å²) in [5.74, 6) is 0.0171. The minimum atomic E-state index is -0.110. The highest BCUT2D eigenvalue weighted by Gasteiger charge is 2.38. The maximum absolute atomic E-state index is 11.3. The fourth-order valence-electron chi connectivity index (χ4n) is 4.51. The zero-order chi connectivity index (χ0) is 19.4. The van der Waals surface area contributed by atoms with Gasteiger partial charge in [0.2, 0.25) is 5.91 Å². The molecule has 28 heavy (non-hydrogen) atoms. The number of anilines is 1. The molecule has 1 spiro atoms. The van der Waals surface area contributed by atoms with E-state index in [1.165, 1.54) is 12.1 Å². The van der Waals surface area contributed by atoms with Gasteiger partial charge in [-0.05, 0) is 50.6 Å². The van der Waals surface area contributed by atoms with Gasteiger partial charge in [-0.1, -0.05) is 17.7 Å². The molecule has 3 saturated heterocycles. The Morgan fingerprint density at radius 1 is 1.04 bits per heavy atom. The Balaban J connectivity index is 1.13. The first kappa shape index (κ1) is 20.0. The van der Waals surface area contributed by atoms with Gasteiger partial charge in [-0.3, -0.25) is 9.69 Å². The van der Waals surface area contributed by atoms with Gasteiger partial charge in [-0.2, -0.15) is 0 Å². The summed E-state index contributed by atoms with van der Waals surface area (Å²) in [5, 5.41) is 3.77. The highest BCUT2D eigenvalue weighted by Crippen LogP contribution is 2.27. The molecule has 3 aliphatic heterocycles. The summed E-state index contributed by atoms with van der Waals surface area (Å²) >= 11 is 6.12. The van der Waals surface area contributed by atoms with E-state index in [2.05, 4.69) is 32.1 Å². The lowest BCUT2D eigenvalue weighted by Crippen LogP contribution is -2.57. The number of benzene rings is 1. The third-order valence-electron chi connectivity index (χ3n) is 6.38. The first-order valence-electron chi connectivity index (χ1n) is 10.5. The van der Waals surface area contributed by atoms with Crippen molar-refractivity contribution >= 4 is 23.2 Å². The molecule has 0 unspecified atom stereocenters. The molecular formula is C21H31ClN4O2. The van der Waals surface area contributed by atoms with E-state index in [1.807, 2.05) is 12.1 Å². The first-order valence-corrected chi connectivity index (χ1v) is 10.9. The quantitative estimate of drug-likeness (QED) is 0.808. The number of rotatable bonds is 5. The zero-order valence-corrected chi connectivity index (χ0v) is 17.3. The Morgan fingerprint density at radius 3 is 2.39 bits per heavy atom. The third-order valence-corrected chi connectivity index (χ3v) is 6.61. The van der Waals surface area contributed by atoms with Gasteiger partial charge in [0, 0.05) is 56.5 Å². The summed E-state index contributed by atoms with van der Waals surface area (Å²) in [4.78, 5) is 18.9. The second-order valence-electron chi connectivity index (χ2n) is 8.25.